The number of aliphatic imine (C=N–C) groups is 1. The average molecular weight is 577 g/mol. The van der Waals surface area contributed by atoms with Crippen LogP contribution in [-0.4, -0.2) is 42.2 Å². The van der Waals surface area contributed by atoms with Crippen molar-refractivity contribution in [3.8, 4) is 5.75 Å². The number of amides is 1. The average Bonchev–Trinajstić information content (AvgIpc) is 3.36. The van der Waals surface area contributed by atoms with E-state index in [-0.39, 0.29) is 37.6 Å². The van der Waals surface area contributed by atoms with Crippen molar-refractivity contribution in [1.82, 2.24) is 10.9 Å². The van der Waals surface area contributed by atoms with E-state index in [1.165, 1.54) is 12.1 Å². The number of benzene rings is 3. The zero-order valence-corrected chi connectivity index (χ0v) is 22.7. The SMILES string of the molecule is C=CC[C@]1(C(=O)NNCCc2cc(F)cc(F)c2)N=C(c2ccc(OCCCO)cc2)O[C@H]1c1ccccc1N=[N+]=[N-]. The summed E-state index contributed by atoms with van der Waals surface area (Å²) in [6.45, 7) is 4.38. The Morgan fingerprint density at radius 1 is 1.19 bits per heavy atom. The number of hydrazine groups is 1. The Hall–Kier alpha value is -4.77. The lowest BCUT2D eigenvalue weighted by Gasteiger charge is -2.30. The van der Waals surface area contributed by atoms with Gasteiger partial charge in [-0.3, -0.25) is 10.2 Å². The minimum Gasteiger partial charge on any atom is -0.494 e. The van der Waals surface area contributed by atoms with Gasteiger partial charge in [-0.2, -0.15) is 0 Å². The summed E-state index contributed by atoms with van der Waals surface area (Å²) in [5.74, 6) is -1.14. The first-order chi connectivity index (χ1) is 20.4. The predicted molar refractivity (Wildman–Crippen MR) is 153 cm³/mol. The Morgan fingerprint density at radius 2 is 1.93 bits per heavy atom. The fourth-order valence-corrected chi connectivity index (χ4v) is 4.57. The lowest BCUT2D eigenvalue weighted by Crippen LogP contribution is -2.52. The number of carbonyl (C=O) groups excluding carboxylic acids is 1. The molecule has 1 aliphatic heterocycles. The number of hydrogen-bond donors (Lipinski definition) is 3. The molecule has 1 amide bonds. The molecule has 0 radical (unpaired) electrons. The Labute approximate surface area is 241 Å². The number of halogens is 2. The van der Waals surface area contributed by atoms with Gasteiger partial charge in [0.15, 0.2) is 11.6 Å². The number of aliphatic hydroxyl groups excluding tert-OH is 1. The number of nitrogens with zero attached hydrogens (tertiary/aromatic N) is 4. The van der Waals surface area contributed by atoms with Gasteiger partial charge < -0.3 is 14.6 Å². The molecule has 42 heavy (non-hydrogen) atoms. The highest BCUT2D eigenvalue weighted by molar-refractivity contribution is 6.01. The fraction of sp³-hybridized carbons (Fsp3) is 0.267. The van der Waals surface area contributed by atoms with E-state index >= 15 is 0 Å². The smallest absolute Gasteiger partial charge is 0.266 e. The molecule has 0 fully saturated rings. The van der Waals surface area contributed by atoms with Crippen LogP contribution in [0.2, 0.25) is 0 Å². The van der Waals surface area contributed by atoms with Crippen molar-refractivity contribution in [3.63, 3.8) is 0 Å². The highest BCUT2D eigenvalue weighted by Crippen LogP contribution is 2.45. The van der Waals surface area contributed by atoms with Crippen LogP contribution in [0.15, 0.2) is 89.5 Å². The molecule has 10 nitrogen and oxygen atoms in total. The van der Waals surface area contributed by atoms with Crippen LogP contribution in [0.4, 0.5) is 14.5 Å². The zero-order chi connectivity index (χ0) is 30.0. The largest absolute Gasteiger partial charge is 0.494 e. The summed E-state index contributed by atoms with van der Waals surface area (Å²) in [5.41, 5.74) is 14.8. The molecule has 0 saturated carbocycles. The standard InChI is InChI=1S/C30H30F2N6O4/c1-2-13-30(29(40)37-34-14-12-20-17-22(31)19-23(32)18-20)27(25-6-3-4-7-26(25)36-38-33)42-28(35-30)21-8-10-24(11-9-21)41-16-5-15-39/h2-4,6-11,17-19,27,34,39H,1,5,12-16H2,(H,37,40)/t27-,30-/m0/s1. The Bertz CT molecular complexity index is 1470. The third-order valence-electron chi connectivity index (χ3n) is 6.52. The van der Waals surface area contributed by atoms with Gasteiger partial charge in [0.05, 0.1) is 6.61 Å². The van der Waals surface area contributed by atoms with Crippen LogP contribution in [0, 0.1) is 11.6 Å². The number of azide groups is 1. The molecule has 1 aliphatic rings. The summed E-state index contributed by atoms with van der Waals surface area (Å²) in [6, 6.07) is 16.9. The van der Waals surface area contributed by atoms with Crippen molar-refractivity contribution in [3.05, 3.63) is 118 Å². The number of hydrogen-bond acceptors (Lipinski definition) is 7. The third kappa shape index (κ3) is 7.10. The molecule has 4 rings (SSSR count). The van der Waals surface area contributed by atoms with Gasteiger partial charge in [0.25, 0.3) is 5.91 Å². The minimum atomic E-state index is -1.55. The molecule has 12 heteroatoms. The van der Waals surface area contributed by atoms with Gasteiger partial charge in [-0.15, -0.1) is 6.58 Å². The van der Waals surface area contributed by atoms with E-state index < -0.39 is 29.2 Å². The Morgan fingerprint density at radius 3 is 2.62 bits per heavy atom. The van der Waals surface area contributed by atoms with Gasteiger partial charge in [0.1, 0.15) is 17.4 Å². The second-order valence-corrected chi connectivity index (χ2v) is 9.44. The minimum absolute atomic E-state index is 0.0209. The molecule has 0 unspecified atom stereocenters. The van der Waals surface area contributed by atoms with Crippen LogP contribution < -0.4 is 15.6 Å². The molecule has 3 aromatic rings. The Kier molecular flexibility index (Phi) is 10.2. The lowest BCUT2D eigenvalue weighted by atomic mass is 9.84. The molecular weight excluding hydrogens is 546 g/mol. The van der Waals surface area contributed by atoms with Gasteiger partial charge >= 0.3 is 0 Å². The van der Waals surface area contributed by atoms with Crippen LogP contribution in [0.1, 0.15) is 35.6 Å². The van der Waals surface area contributed by atoms with Gasteiger partial charge in [0, 0.05) is 53.8 Å². The zero-order valence-electron chi connectivity index (χ0n) is 22.7. The molecule has 0 aliphatic carbocycles. The van der Waals surface area contributed by atoms with Crippen LogP contribution in [0.5, 0.6) is 5.75 Å². The van der Waals surface area contributed by atoms with Crippen LogP contribution >= 0.6 is 0 Å². The summed E-state index contributed by atoms with van der Waals surface area (Å²) >= 11 is 0. The van der Waals surface area contributed by atoms with E-state index in [0.29, 0.717) is 35.5 Å². The lowest BCUT2D eigenvalue weighted by molar-refractivity contribution is -0.129. The molecule has 3 N–H and O–H groups in total. The molecule has 218 valence electrons. The van der Waals surface area contributed by atoms with Crippen molar-refractivity contribution in [1.29, 1.82) is 0 Å². The van der Waals surface area contributed by atoms with Crippen molar-refractivity contribution in [2.45, 2.75) is 30.9 Å². The van der Waals surface area contributed by atoms with Crippen molar-refractivity contribution < 1.29 is 28.2 Å². The summed E-state index contributed by atoms with van der Waals surface area (Å²) in [7, 11) is 0. The van der Waals surface area contributed by atoms with Gasteiger partial charge in [-0.25, -0.2) is 19.2 Å². The van der Waals surface area contributed by atoms with E-state index in [2.05, 4.69) is 27.5 Å². The van der Waals surface area contributed by atoms with Crippen LogP contribution in [0.3, 0.4) is 0 Å². The van der Waals surface area contributed by atoms with E-state index in [4.69, 9.17) is 25.1 Å². The van der Waals surface area contributed by atoms with E-state index in [0.717, 1.165) is 6.07 Å². The maximum atomic E-state index is 13.8. The molecule has 0 saturated heterocycles. The first-order valence-corrected chi connectivity index (χ1v) is 13.2. The molecule has 0 aromatic heterocycles. The van der Waals surface area contributed by atoms with Gasteiger partial charge in [-0.1, -0.05) is 35.5 Å². The predicted octanol–water partition coefficient (Wildman–Crippen LogP) is 5.36. The number of nitrogens with one attached hydrogen (secondary N) is 2. The maximum Gasteiger partial charge on any atom is 0.266 e. The van der Waals surface area contributed by atoms with Crippen molar-refractivity contribution in [2.24, 2.45) is 10.1 Å². The van der Waals surface area contributed by atoms with Gasteiger partial charge in [0.2, 0.25) is 5.90 Å². The molecule has 0 bridgehead atoms. The normalized spacial score (nSPS) is 17.5. The number of carbonyl (C=O) groups is 1. The summed E-state index contributed by atoms with van der Waals surface area (Å²) in [6.07, 6.45) is 1.36. The second kappa shape index (κ2) is 14.2. The third-order valence-corrected chi connectivity index (χ3v) is 6.52. The monoisotopic (exact) mass is 576 g/mol. The summed E-state index contributed by atoms with van der Waals surface area (Å²) in [5, 5.41) is 12.8. The first-order valence-electron chi connectivity index (χ1n) is 13.2. The fourth-order valence-electron chi connectivity index (χ4n) is 4.57. The quantitative estimate of drug-likeness (QED) is 0.0591. The summed E-state index contributed by atoms with van der Waals surface area (Å²) < 4.78 is 39.0. The molecule has 3 aromatic carbocycles. The highest BCUT2D eigenvalue weighted by Gasteiger charge is 2.53. The molecule has 2 atom stereocenters. The van der Waals surface area contributed by atoms with E-state index in [1.54, 1.807) is 54.6 Å². The maximum absolute atomic E-state index is 13.8. The van der Waals surface area contributed by atoms with Gasteiger partial charge in [-0.05, 0) is 53.9 Å². The molecule has 1 heterocycles. The van der Waals surface area contributed by atoms with Crippen molar-refractivity contribution in [2.75, 3.05) is 19.8 Å². The number of rotatable bonds is 14. The second-order valence-electron chi connectivity index (χ2n) is 9.44. The molecular formula is C30H30F2N6O4. The van der Waals surface area contributed by atoms with Crippen LogP contribution in [0.25, 0.3) is 10.4 Å². The van der Waals surface area contributed by atoms with E-state index in [1.807, 2.05) is 0 Å². The number of aliphatic hydroxyl groups is 1. The topological polar surface area (TPSA) is 141 Å². The molecule has 0 spiro atoms. The summed E-state index contributed by atoms with van der Waals surface area (Å²) in [4.78, 5) is 21.5. The number of ether oxygens (including phenoxy) is 2. The first kappa shape index (κ1) is 30.2. The van der Waals surface area contributed by atoms with Crippen LogP contribution in [-0.2, 0) is 16.0 Å². The highest BCUT2D eigenvalue weighted by atomic mass is 19.1. The van der Waals surface area contributed by atoms with Crippen molar-refractivity contribution >= 4 is 17.5 Å². The van der Waals surface area contributed by atoms with E-state index in [9.17, 15) is 13.6 Å². The Balaban J connectivity index is 1.62.